The van der Waals surface area contributed by atoms with Crippen LogP contribution in [-0.4, -0.2) is 42.6 Å². The summed E-state index contributed by atoms with van der Waals surface area (Å²) in [6.45, 7) is 0.472. The first kappa shape index (κ1) is 13.9. The van der Waals surface area contributed by atoms with Crippen LogP contribution in [0.3, 0.4) is 0 Å². The van der Waals surface area contributed by atoms with Crippen LogP contribution >= 0.6 is 0 Å². The maximum atomic E-state index is 13.0. The minimum atomic E-state index is -4.64. The summed E-state index contributed by atoms with van der Waals surface area (Å²) in [5.74, 6) is -0.684. The molecule has 0 aromatic heterocycles. The highest BCUT2D eigenvalue weighted by Crippen LogP contribution is 2.38. The molecule has 2 aliphatic rings. The largest absolute Gasteiger partial charge is 0.418 e. The van der Waals surface area contributed by atoms with E-state index in [1.165, 1.54) is 17.0 Å². The van der Waals surface area contributed by atoms with E-state index in [-0.39, 0.29) is 19.8 Å². The van der Waals surface area contributed by atoms with E-state index in [4.69, 9.17) is 4.74 Å². The molecule has 5 nitrogen and oxygen atoms in total. The van der Waals surface area contributed by atoms with Crippen LogP contribution in [0.2, 0.25) is 0 Å². The minimum Gasteiger partial charge on any atom is -0.377 e. The molecule has 1 aromatic carbocycles. The Morgan fingerprint density at radius 2 is 1.90 bits per heavy atom. The highest BCUT2D eigenvalue weighted by Gasteiger charge is 2.49. The van der Waals surface area contributed by atoms with Gasteiger partial charge in [-0.2, -0.15) is 13.2 Å². The van der Waals surface area contributed by atoms with Gasteiger partial charge in [-0.1, -0.05) is 12.1 Å². The fraction of sp³-hybridized carbons (Fsp3) is 0.385. The third kappa shape index (κ3) is 2.15. The Morgan fingerprint density at radius 1 is 1.19 bits per heavy atom. The van der Waals surface area contributed by atoms with Crippen molar-refractivity contribution in [2.24, 2.45) is 0 Å². The van der Waals surface area contributed by atoms with Crippen LogP contribution in [0, 0.1) is 0 Å². The first-order valence-electron chi connectivity index (χ1n) is 6.30. The number of rotatable bonds is 1. The molecule has 3 rings (SSSR count). The molecule has 0 bridgehead atoms. The van der Waals surface area contributed by atoms with Gasteiger partial charge in [-0.05, 0) is 12.1 Å². The van der Waals surface area contributed by atoms with Gasteiger partial charge in [0.2, 0.25) is 0 Å². The average Bonchev–Trinajstić information content (AvgIpc) is 2.71. The zero-order valence-electron chi connectivity index (χ0n) is 10.8. The highest BCUT2D eigenvalue weighted by molar-refractivity contribution is 6.21. The van der Waals surface area contributed by atoms with E-state index < -0.39 is 35.4 Å². The van der Waals surface area contributed by atoms with Crippen molar-refractivity contribution in [1.29, 1.82) is 0 Å². The van der Waals surface area contributed by atoms with E-state index in [0.717, 1.165) is 12.1 Å². The van der Waals surface area contributed by atoms with Crippen LogP contribution in [-0.2, 0) is 15.7 Å². The molecule has 0 radical (unpaired) electrons. The van der Waals surface area contributed by atoms with Crippen molar-refractivity contribution in [3.05, 3.63) is 29.8 Å². The molecular formula is C13H11F3N2O3. The van der Waals surface area contributed by atoms with E-state index in [0.29, 0.717) is 4.90 Å². The van der Waals surface area contributed by atoms with Crippen LogP contribution in [0.15, 0.2) is 24.3 Å². The van der Waals surface area contributed by atoms with Crippen molar-refractivity contribution in [2.75, 3.05) is 24.7 Å². The van der Waals surface area contributed by atoms with Crippen molar-refractivity contribution in [2.45, 2.75) is 12.2 Å². The van der Waals surface area contributed by atoms with E-state index in [9.17, 15) is 22.8 Å². The molecule has 0 N–H and O–H groups in total. The van der Waals surface area contributed by atoms with Crippen molar-refractivity contribution in [3.8, 4) is 0 Å². The summed E-state index contributed by atoms with van der Waals surface area (Å²) in [5.41, 5.74) is -1.44. The van der Waals surface area contributed by atoms with Gasteiger partial charge in [0.05, 0.1) is 24.5 Å². The van der Waals surface area contributed by atoms with Gasteiger partial charge < -0.3 is 9.64 Å². The standard InChI is InChI=1S/C13H11F3N2O3/c14-13(15,16)8-3-1-2-4-9(8)18-11(19)10-7-21-6-5-17(10)12(18)20/h1-4,10H,5-7H2. The fourth-order valence-corrected chi connectivity index (χ4v) is 2.54. The number of para-hydroxylation sites is 1. The number of hydrogen-bond donors (Lipinski definition) is 0. The molecule has 8 heteroatoms. The summed E-state index contributed by atoms with van der Waals surface area (Å²) in [7, 11) is 0. The molecule has 1 aromatic rings. The van der Waals surface area contributed by atoms with Crippen molar-refractivity contribution >= 4 is 17.6 Å². The minimum absolute atomic E-state index is 0.00918. The number of ether oxygens (including phenoxy) is 1. The first-order valence-corrected chi connectivity index (χ1v) is 6.30. The van der Waals surface area contributed by atoms with Gasteiger partial charge in [-0.15, -0.1) is 0 Å². The van der Waals surface area contributed by atoms with Gasteiger partial charge in [0.25, 0.3) is 5.91 Å². The number of nitrogens with zero attached hydrogens (tertiary/aromatic N) is 2. The van der Waals surface area contributed by atoms with Gasteiger partial charge in [0.15, 0.2) is 0 Å². The molecule has 1 unspecified atom stereocenters. The van der Waals surface area contributed by atoms with Gasteiger partial charge in [0, 0.05) is 6.54 Å². The number of urea groups is 1. The van der Waals surface area contributed by atoms with E-state index >= 15 is 0 Å². The lowest BCUT2D eigenvalue weighted by Crippen LogP contribution is -2.45. The van der Waals surface area contributed by atoms with Crippen LogP contribution in [0.4, 0.5) is 23.7 Å². The fourth-order valence-electron chi connectivity index (χ4n) is 2.54. The molecule has 112 valence electrons. The lowest BCUT2D eigenvalue weighted by atomic mass is 10.1. The van der Waals surface area contributed by atoms with Crippen molar-refractivity contribution < 1.29 is 27.5 Å². The summed E-state index contributed by atoms with van der Waals surface area (Å²) in [4.78, 5) is 26.3. The highest BCUT2D eigenvalue weighted by atomic mass is 19.4. The topological polar surface area (TPSA) is 49.9 Å². The molecule has 3 amide bonds. The second-order valence-corrected chi connectivity index (χ2v) is 4.76. The molecular weight excluding hydrogens is 289 g/mol. The summed E-state index contributed by atoms with van der Waals surface area (Å²) in [6.07, 6.45) is -4.64. The summed E-state index contributed by atoms with van der Waals surface area (Å²) >= 11 is 0. The number of benzene rings is 1. The molecule has 2 fully saturated rings. The van der Waals surface area contributed by atoms with Crippen LogP contribution in [0.5, 0.6) is 0 Å². The quantitative estimate of drug-likeness (QED) is 0.744. The van der Waals surface area contributed by atoms with Gasteiger partial charge in [-0.25, -0.2) is 9.69 Å². The van der Waals surface area contributed by atoms with Crippen molar-refractivity contribution in [1.82, 2.24) is 4.90 Å². The first-order chi connectivity index (χ1) is 9.91. The van der Waals surface area contributed by atoms with Gasteiger partial charge in [0.1, 0.15) is 6.04 Å². The Kier molecular flexibility index (Phi) is 3.12. The van der Waals surface area contributed by atoms with Crippen LogP contribution < -0.4 is 4.90 Å². The lowest BCUT2D eigenvalue weighted by Gasteiger charge is -2.26. The second kappa shape index (κ2) is 4.73. The molecule has 0 aliphatic carbocycles. The number of imide groups is 1. The second-order valence-electron chi connectivity index (χ2n) is 4.76. The maximum Gasteiger partial charge on any atom is 0.418 e. The number of amides is 3. The SMILES string of the molecule is O=C1C2COCCN2C(=O)N1c1ccccc1C(F)(F)F. The number of anilines is 1. The molecule has 2 saturated heterocycles. The Bertz CT molecular complexity index is 579. The number of carbonyl (C=O) groups is 2. The molecule has 0 spiro atoms. The average molecular weight is 300 g/mol. The Hall–Kier alpha value is -2.09. The predicted octanol–water partition coefficient (Wildman–Crippen LogP) is 1.87. The number of morpholine rings is 1. The number of hydrogen-bond acceptors (Lipinski definition) is 3. The van der Waals surface area contributed by atoms with Crippen molar-refractivity contribution in [3.63, 3.8) is 0 Å². The Morgan fingerprint density at radius 3 is 2.57 bits per heavy atom. The monoisotopic (exact) mass is 300 g/mol. The zero-order valence-corrected chi connectivity index (χ0v) is 10.8. The normalized spacial score (nSPS) is 22.7. The van der Waals surface area contributed by atoms with E-state index in [2.05, 4.69) is 0 Å². The number of fused-ring (bicyclic) bond motifs is 1. The van der Waals surface area contributed by atoms with Crippen LogP contribution in [0.1, 0.15) is 5.56 Å². The Balaban J connectivity index is 2.05. The molecule has 0 saturated carbocycles. The summed E-state index contributed by atoms with van der Waals surface area (Å²) in [6, 6.07) is 2.98. The molecule has 2 heterocycles. The number of alkyl halides is 3. The van der Waals surface area contributed by atoms with Gasteiger partial charge in [-0.3, -0.25) is 4.79 Å². The number of carbonyl (C=O) groups excluding carboxylic acids is 2. The summed E-state index contributed by atoms with van der Waals surface area (Å²) < 4.78 is 44.2. The van der Waals surface area contributed by atoms with Gasteiger partial charge >= 0.3 is 12.2 Å². The molecule has 1 atom stereocenters. The molecule has 2 aliphatic heterocycles. The van der Waals surface area contributed by atoms with Crippen LogP contribution in [0.25, 0.3) is 0 Å². The summed E-state index contributed by atoms with van der Waals surface area (Å²) in [5, 5.41) is 0. The van der Waals surface area contributed by atoms with E-state index in [1.54, 1.807) is 0 Å². The Labute approximate surface area is 117 Å². The number of halogens is 3. The zero-order chi connectivity index (χ0) is 15.2. The smallest absolute Gasteiger partial charge is 0.377 e. The van der Waals surface area contributed by atoms with E-state index in [1.807, 2.05) is 0 Å². The third-order valence-electron chi connectivity index (χ3n) is 3.52. The predicted molar refractivity (Wildman–Crippen MR) is 65.6 cm³/mol. The maximum absolute atomic E-state index is 13.0. The molecule has 21 heavy (non-hydrogen) atoms. The third-order valence-corrected chi connectivity index (χ3v) is 3.52. The lowest BCUT2D eigenvalue weighted by molar-refractivity contribution is -0.137.